The highest BCUT2D eigenvalue weighted by molar-refractivity contribution is 5.88. The van der Waals surface area contributed by atoms with Gasteiger partial charge >= 0.3 is 12.1 Å². The number of esters is 1. The van der Waals surface area contributed by atoms with Gasteiger partial charge in [-0.3, -0.25) is 4.79 Å². The Kier molecular flexibility index (Phi) is 9.82. The lowest BCUT2D eigenvalue weighted by Crippen LogP contribution is -2.51. The molecule has 3 aliphatic rings. The van der Waals surface area contributed by atoms with Crippen LogP contribution in [0.4, 0.5) is 13.2 Å². The molecule has 1 heterocycles. The zero-order valence-electron chi connectivity index (χ0n) is 28.9. The fourth-order valence-corrected chi connectivity index (χ4v) is 7.94. The van der Waals surface area contributed by atoms with Crippen LogP contribution in [0.3, 0.4) is 0 Å². The van der Waals surface area contributed by atoms with Gasteiger partial charge in [0.15, 0.2) is 0 Å². The summed E-state index contributed by atoms with van der Waals surface area (Å²) in [4.78, 5) is 30.8. The van der Waals surface area contributed by atoms with Crippen molar-refractivity contribution in [1.29, 1.82) is 0 Å². The molecule has 4 atom stereocenters. The van der Waals surface area contributed by atoms with E-state index in [1.165, 1.54) is 13.2 Å². The highest BCUT2D eigenvalue weighted by Crippen LogP contribution is 2.59. The molecule has 2 saturated carbocycles. The smallest absolute Gasteiger partial charge is 0.398 e. The number of hydrogen-bond donors (Lipinski definition) is 1. The maximum Gasteiger partial charge on any atom is 0.398 e. The Morgan fingerprint density at radius 2 is 1.57 bits per heavy atom. The van der Waals surface area contributed by atoms with E-state index in [1.54, 1.807) is 12.1 Å². The number of amides is 1. The molecule has 5 rings (SSSR count). The molecule has 0 radical (unpaired) electrons. The van der Waals surface area contributed by atoms with Crippen LogP contribution >= 0.6 is 0 Å². The van der Waals surface area contributed by atoms with Gasteiger partial charge in [0.05, 0.1) is 18.6 Å². The lowest BCUT2D eigenvalue weighted by molar-refractivity contribution is -0.168. The van der Waals surface area contributed by atoms with Crippen LogP contribution in [0.5, 0.6) is 5.75 Å². The van der Waals surface area contributed by atoms with Gasteiger partial charge in [-0.25, -0.2) is 4.79 Å². The Morgan fingerprint density at radius 3 is 2.11 bits per heavy atom. The summed E-state index contributed by atoms with van der Waals surface area (Å²) in [6.07, 6.45) is 0.379. The fraction of sp³-hybridized carbons (Fsp3) is 0.632. The third kappa shape index (κ3) is 7.20. The first kappa shape index (κ1) is 35.2. The van der Waals surface area contributed by atoms with Crippen LogP contribution < -0.4 is 10.1 Å². The number of carbonyl (C=O) groups is 2. The average molecular weight is 657 g/mol. The number of likely N-dealkylation sites (tertiary alicyclic amines) is 1. The van der Waals surface area contributed by atoms with E-state index in [0.29, 0.717) is 11.3 Å². The Morgan fingerprint density at radius 1 is 0.936 bits per heavy atom. The summed E-state index contributed by atoms with van der Waals surface area (Å²) in [5, 5.41) is 3.69. The van der Waals surface area contributed by atoms with Gasteiger partial charge in [0.25, 0.3) is 0 Å². The number of alkyl halides is 3. The summed E-state index contributed by atoms with van der Waals surface area (Å²) in [5.74, 6) is -0.553. The van der Waals surface area contributed by atoms with Crippen molar-refractivity contribution in [2.24, 2.45) is 17.3 Å². The van der Waals surface area contributed by atoms with Crippen LogP contribution in [0.15, 0.2) is 48.5 Å². The van der Waals surface area contributed by atoms with E-state index in [-0.39, 0.29) is 42.7 Å². The number of halogens is 3. The molecule has 3 fully saturated rings. The highest BCUT2D eigenvalue weighted by atomic mass is 19.4. The normalized spacial score (nSPS) is 25.0. The van der Waals surface area contributed by atoms with Crippen molar-refractivity contribution < 1.29 is 32.2 Å². The van der Waals surface area contributed by atoms with Gasteiger partial charge in [-0.15, -0.1) is 0 Å². The van der Waals surface area contributed by atoms with E-state index >= 15 is 0 Å². The van der Waals surface area contributed by atoms with Crippen molar-refractivity contribution >= 4 is 11.9 Å². The van der Waals surface area contributed by atoms with Crippen LogP contribution in [0.25, 0.3) is 0 Å². The number of rotatable bonds is 8. The summed E-state index contributed by atoms with van der Waals surface area (Å²) in [5.41, 5.74) is -1.32. The van der Waals surface area contributed by atoms with Gasteiger partial charge in [-0.1, -0.05) is 76.4 Å². The number of benzene rings is 2. The number of carbonyl (C=O) groups excluding carboxylic acids is 2. The third-order valence-electron chi connectivity index (χ3n) is 10.3. The topological polar surface area (TPSA) is 67.9 Å². The van der Waals surface area contributed by atoms with Crippen molar-refractivity contribution in [3.63, 3.8) is 0 Å². The van der Waals surface area contributed by atoms with E-state index in [4.69, 9.17) is 9.47 Å². The first-order valence-electron chi connectivity index (χ1n) is 17.1. The molecule has 0 aromatic heterocycles. The molecule has 258 valence electrons. The monoisotopic (exact) mass is 656 g/mol. The molecule has 2 aromatic rings. The van der Waals surface area contributed by atoms with Crippen LogP contribution in [0.2, 0.25) is 0 Å². The second-order valence-electron chi connectivity index (χ2n) is 15.8. The number of ether oxygens (including phenoxy) is 2. The molecule has 1 N–H and O–H groups in total. The third-order valence-corrected chi connectivity index (χ3v) is 10.3. The van der Waals surface area contributed by atoms with Crippen LogP contribution in [-0.4, -0.2) is 47.7 Å². The molecule has 0 spiro atoms. The van der Waals surface area contributed by atoms with Crippen molar-refractivity contribution in [2.45, 2.75) is 128 Å². The summed E-state index contributed by atoms with van der Waals surface area (Å²) in [6.45, 7) is 11.9. The Bertz CT molecular complexity index is 1420. The first-order valence-corrected chi connectivity index (χ1v) is 17.1. The number of hydrogen-bond acceptors (Lipinski definition) is 5. The lowest BCUT2D eigenvalue weighted by Gasteiger charge is -2.38. The van der Waals surface area contributed by atoms with Crippen molar-refractivity contribution in [3.05, 3.63) is 65.2 Å². The molecule has 1 amide bonds. The molecular weight excluding hydrogens is 605 g/mol. The fourth-order valence-electron chi connectivity index (χ4n) is 7.94. The number of methoxy groups -OCH3 is 1. The van der Waals surface area contributed by atoms with Gasteiger partial charge in [0.1, 0.15) is 17.4 Å². The van der Waals surface area contributed by atoms with Gasteiger partial charge in [-0.2, -0.15) is 13.2 Å². The van der Waals surface area contributed by atoms with E-state index in [9.17, 15) is 22.8 Å². The SMILES string of the molecule is COc1ccc(C2(C(F)(F)F)CC2)cc1CN[C@H]1[C@H](C(C)(C)C)[C@@H](C(=O)OC(C)(C)C)N(C(=O)C2CCCCC2)[C@H]1c1ccccc1. The zero-order valence-corrected chi connectivity index (χ0v) is 28.9. The van der Waals surface area contributed by atoms with Crippen LogP contribution in [0, 0.1) is 17.3 Å². The molecule has 0 bridgehead atoms. The molecule has 2 aliphatic carbocycles. The zero-order chi connectivity index (χ0) is 34.4. The van der Waals surface area contributed by atoms with Crippen molar-refractivity contribution in [1.82, 2.24) is 10.2 Å². The number of nitrogens with one attached hydrogen (secondary N) is 1. The Labute approximate surface area is 277 Å². The molecule has 1 saturated heterocycles. The summed E-state index contributed by atoms with van der Waals surface area (Å²) in [6, 6.07) is 12.7. The predicted molar refractivity (Wildman–Crippen MR) is 176 cm³/mol. The summed E-state index contributed by atoms with van der Waals surface area (Å²) in [7, 11) is 1.51. The lowest BCUT2D eigenvalue weighted by atomic mass is 9.72. The van der Waals surface area contributed by atoms with Crippen LogP contribution in [-0.2, 0) is 26.3 Å². The van der Waals surface area contributed by atoms with Gasteiger partial charge in [0, 0.05) is 30.0 Å². The van der Waals surface area contributed by atoms with E-state index in [2.05, 4.69) is 26.1 Å². The minimum absolute atomic E-state index is 0.0339. The largest absolute Gasteiger partial charge is 0.496 e. The Hall–Kier alpha value is -3.07. The highest BCUT2D eigenvalue weighted by Gasteiger charge is 2.64. The maximum absolute atomic E-state index is 14.7. The molecule has 2 aromatic carbocycles. The molecular formula is C38H51F3N2O4. The van der Waals surface area contributed by atoms with E-state index in [1.807, 2.05) is 56.0 Å². The quantitative estimate of drug-likeness (QED) is 0.290. The second-order valence-corrected chi connectivity index (χ2v) is 15.8. The standard InChI is InChI=1S/C38H51F3N2O4/c1-35(2,3)29-30(42-23-26-22-27(18-19-28(26)46-7)37(20-21-37)38(39,40)41)31(24-14-10-8-11-15-24)43(32(29)34(45)47-36(4,5)6)33(44)25-16-12-9-13-17-25/h8,10-11,14-15,18-19,22,25,29-32,42H,9,12-13,16-17,20-21,23H2,1-7H3/t29-,30-,31-,32-/m0/s1. The average Bonchev–Trinajstić information content (AvgIpc) is 3.75. The molecule has 6 nitrogen and oxygen atoms in total. The van der Waals surface area contributed by atoms with Crippen LogP contribution in [0.1, 0.15) is 109 Å². The first-order chi connectivity index (χ1) is 22.0. The molecule has 47 heavy (non-hydrogen) atoms. The minimum atomic E-state index is -4.34. The summed E-state index contributed by atoms with van der Waals surface area (Å²) >= 11 is 0. The van der Waals surface area contributed by atoms with Gasteiger partial charge in [0.2, 0.25) is 5.91 Å². The summed E-state index contributed by atoms with van der Waals surface area (Å²) < 4.78 is 54.1. The van der Waals surface area contributed by atoms with Gasteiger partial charge in [-0.05, 0) is 75.1 Å². The number of nitrogens with zero attached hydrogens (tertiary/aromatic N) is 1. The molecule has 9 heteroatoms. The molecule has 1 aliphatic heterocycles. The maximum atomic E-state index is 14.7. The minimum Gasteiger partial charge on any atom is -0.496 e. The van der Waals surface area contributed by atoms with Gasteiger partial charge < -0.3 is 19.7 Å². The Balaban J connectivity index is 1.61. The molecule has 0 unspecified atom stereocenters. The second kappa shape index (κ2) is 13.1. The van der Waals surface area contributed by atoms with Crippen molar-refractivity contribution in [3.8, 4) is 5.75 Å². The van der Waals surface area contributed by atoms with E-state index < -0.39 is 46.7 Å². The predicted octanol–water partition coefficient (Wildman–Crippen LogP) is 8.28. The van der Waals surface area contributed by atoms with Crippen molar-refractivity contribution in [2.75, 3.05) is 7.11 Å². The van der Waals surface area contributed by atoms with E-state index in [0.717, 1.165) is 37.7 Å².